The molecule has 0 spiro atoms. The number of benzene rings is 3. The molecule has 13 heteroatoms. The van der Waals surface area contributed by atoms with E-state index in [-0.39, 0.29) is 34.7 Å². The molecule has 2 aromatic heterocycles. The van der Waals surface area contributed by atoms with Gasteiger partial charge in [0, 0.05) is 50.4 Å². The Bertz CT molecular complexity index is 2140. The SMILES string of the molecule is CCOC(=O)c1c[nH]c2ccc(Br)cc2c1=O.CCOC(=O)c1cn(Cc2ccc(S(C)(=O)=O)cc2)c2ccc(Br)cc2c1=O. The minimum absolute atomic E-state index is 0.0254. The van der Waals surface area contributed by atoms with Crippen LogP contribution in [0.3, 0.4) is 0 Å². The Hall–Kier alpha value is -4.07. The monoisotopic (exact) mass is 758 g/mol. The Morgan fingerprint density at radius 1 is 0.800 bits per heavy atom. The van der Waals surface area contributed by atoms with Crippen molar-refractivity contribution >= 4 is 75.4 Å². The number of H-pyrrole nitrogens is 1. The molecule has 0 aliphatic carbocycles. The lowest BCUT2D eigenvalue weighted by molar-refractivity contribution is 0.0515. The molecule has 5 aromatic rings. The van der Waals surface area contributed by atoms with Crippen molar-refractivity contribution in [2.75, 3.05) is 19.5 Å². The van der Waals surface area contributed by atoms with E-state index in [1.54, 1.807) is 54.8 Å². The van der Waals surface area contributed by atoms with Crippen LogP contribution >= 0.6 is 31.9 Å². The maximum atomic E-state index is 12.8. The van der Waals surface area contributed by atoms with Crippen LogP contribution < -0.4 is 10.9 Å². The van der Waals surface area contributed by atoms with Gasteiger partial charge >= 0.3 is 11.9 Å². The lowest BCUT2D eigenvalue weighted by Crippen LogP contribution is -2.21. The third-order valence-electron chi connectivity index (χ3n) is 6.58. The predicted octanol–water partition coefficient (Wildman–Crippen LogP) is 5.86. The summed E-state index contributed by atoms with van der Waals surface area (Å²) in [7, 11) is -3.28. The van der Waals surface area contributed by atoms with Crippen molar-refractivity contribution in [3.05, 3.63) is 119 Å². The molecule has 0 bridgehead atoms. The molecule has 3 aromatic carbocycles. The average Bonchev–Trinajstić information content (AvgIpc) is 2.99. The topological polar surface area (TPSA) is 142 Å². The van der Waals surface area contributed by atoms with Crippen molar-refractivity contribution in [3.63, 3.8) is 0 Å². The number of pyridine rings is 2. The van der Waals surface area contributed by atoms with Gasteiger partial charge in [0.1, 0.15) is 11.1 Å². The first-order chi connectivity index (χ1) is 21.3. The Morgan fingerprint density at radius 3 is 1.96 bits per heavy atom. The van der Waals surface area contributed by atoms with Crippen LogP contribution in [-0.2, 0) is 25.9 Å². The van der Waals surface area contributed by atoms with Gasteiger partial charge in [-0.2, -0.15) is 0 Å². The molecule has 0 aliphatic rings. The van der Waals surface area contributed by atoms with E-state index in [2.05, 4.69) is 36.8 Å². The molecule has 0 radical (unpaired) electrons. The quantitative estimate of drug-likeness (QED) is 0.204. The van der Waals surface area contributed by atoms with E-state index in [9.17, 15) is 27.6 Å². The van der Waals surface area contributed by atoms with Crippen LogP contribution in [0.1, 0.15) is 40.1 Å². The summed E-state index contributed by atoms with van der Waals surface area (Å²) in [5, 5.41) is 0.859. The number of aromatic amines is 1. The summed E-state index contributed by atoms with van der Waals surface area (Å²) >= 11 is 6.65. The Labute approximate surface area is 275 Å². The van der Waals surface area contributed by atoms with Crippen LogP contribution in [-0.4, -0.2) is 49.4 Å². The maximum absolute atomic E-state index is 12.8. The number of carbonyl (C=O) groups excluding carboxylic acids is 2. The molecule has 0 amide bonds. The second-order valence-corrected chi connectivity index (χ2v) is 13.6. The molecule has 1 N–H and O–H groups in total. The number of carbonyl (C=O) groups is 2. The molecule has 10 nitrogen and oxygen atoms in total. The molecule has 45 heavy (non-hydrogen) atoms. The molecule has 0 fully saturated rings. The number of hydrogen-bond acceptors (Lipinski definition) is 8. The summed E-state index contributed by atoms with van der Waals surface area (Å²) in [6, 6.07) is 17.1. The first-order valence-corrected chi connectivity index (χ1v) is 17.1. The fourth-order valence-corrected chi connectivity index (χ4v) is 5.80. The van der Waals surface area contributed by atoms with Gasteiger partial charge in [-0.1, -0.05) is 44.0 Å². The number of sulfone groups is 1. The molecule has 5 rings (SSSR count). The summed E-state index contributed by atoms with van der Waals surface area (Å²) in [6.07, 6.45) is 4.03. The van der Waals surface area contributed by atoms with E-state index < -0.39 is 27.2 Å². The van der Waals surface area contributed by atoms with Gasteiger partial charge in [0.05, 0.1) is 23.6 Å². The molecule has 0 aliphatic heterocycles. The summed E-state index contributed by atoms with van der Waals surface area (Å²) in [6.45, 7) is 4.15. The normalized spacial score (nSPS) is 11.1. The van der Waals surface area contributed by atoms with Crippen molar-refractivity contribution in [1.29, 1.82) is 0 Å². The van der Waals surface area contributed by atoms with Gasteiger partial charge in [0.25, 0.3) is 0 Å². The van der Waals surface area contributed by atoms with Crippen LogP contribution in [0.5, 0.6) is 0 Å². The summed E-state index contributed by atoms with van der Waals surface area (Å²) in [4.78, 5) is 51.7. The molecule has 0 saturated carbocycles. The summed E-state index contributed by atoms with van der Waals surface area (Å²) in [5.41, 5.74) is 1.45. The van der Waals surface area contributed by atoms with Crippen molar-refractivity contribution in [2.24, 2.45) is 0 Å². The number of aromatic nitrogens is 2. The molecule has 0 unspecified atom stereocenters. The van der Waals surface area contributed by atoms with Crippen LogP contribution in [0.4, 0.5) is 0 Å². The third-order valence-corrected chi connectivity index (χ3v) is 8.70. The predicted molar refractivity (Wildman–Crippen MR) is 179 cm³/mol. The Balaban J connectivity index is 0.000000231. The number of esters is 2. The highest BCUT2D eigenvalue weighted by molar-refractivity contribution is 9.10. The molecule has 0 saturated heterocycles. The van der Waals surface area contributed by atoms with E-state index >= 15 is 0 Å². The van der Waals surface area contributed by atoms with Crippen LogP contribution in [0.2, 0.25) is 0 Å². The van der Waals surface area contributed by atoms with E-state index in [1.165, 1.54) is 24.5 Å². The van der Waals surface area contributed by atoms with Crippen molar-refractivity contribution in [3.8, 4) is 0 Å². The molecular weight excluding hydrogens is 732 g/mol. The molecule has 2 heterocycles. The van der Waals surface area contributed by atoms with Crippen molar-refractivity contribution in [2.45, 2.75) is 25.3 Å². The second kappa shape index (κ2) is 14.4. The minimum atomic E-state index is -3.28. The Morgan fingerprint density at radius 2 is 1.36 bits per heavy atom. The van der Waals surface area contributed by atoms with Crippen molar-refractivity contribution < 1.29 is 27.5 Å². The summed E-state index contributed by atoms with van der Waals surface area (Å²) in [5.74, 6) is -1.27. The van der Waals surface area contributed by atoms with Crippen molar-refractivity contribution in [1.82, 2.24) is 9.55 Å². The van der Waals surface area contributed by atoms with E-state index in [0.29, 0.717) is 28.4 Å². The lowest BCUT2D eigenvalue weighted by atomic mass is 10.1. The Kier molecular flexibility index (Phi) is 10.8. The standard InChI is InChI=1S/C20H18BrNO5S.C12H10BrNO3/c1-3-27-20(24)17-12-22(18-9-6-14(21)10-16(18)19(17)23)11-13-4-7-15(8-5-13)28(2,25)26;1-2-17-12(16)9-6-14-10-4-3-7(13)5-8(10)11(9)15/h4-10,12H,3,11H2,1-2H3;3-6H,2H2,1H3,(H,14,15). The minimum Gasteiger partial charge on any atom is -0.462 e. The van der Waals surface area contributed by atoms with E-state index in [1.807, 2.05) is 12.1 Å². The third kappa shape index (κ3) is 7.96. The number of hydrogen-bond donors (Lipinski definition) is 1. The maximum Gasteiger partial charge on any atom is 0.343 e. The first-order valence-electron chi connectivity index (χ1n) is 13.6. The van der Waals surface area contributed by atoms with Gasteiger partial charge in [-0.3, -0.25) is 9.59 Å². The van der Waals surface area contributed by atoms with Gasteiger partial charge in [0.2, 0.25) is 10.9 Å². The van der Waals surface area contributed by atoms with Crippen LogP contribution in [0.25, 0.3) is 21.8 Å². The van der Waals surface area contributed by atoms with E-state index in [4.69, 9.17) is 9.47 Å². The number of nitrogens with zero attached hydrogens (tertiary/aromatic N) is 1. The number of fused-ring (bicyclic) bond motifs is 2. The van der Waals surface area contributed by atoms with Crippen LogP contribution in [0, 0.1) is 0 Å². The highest BCUT2D eigenvalue weighted by atomic mass is 79.9. The number of nitrogens with one attached hydrogen (secondary N) is 1. The highest BCUT2D eigenvalue weighted by Gasteiger charge is 2.17. The van der Waals surface area contributed by atoms with E-state index in [0.717, 1.165) is 20.8 Å². The zero-order valence-electron chi connectivity index (χ0n) is 24.4. The number of ether oxygens (including phenoxy) is 2. The fraction of sp³-hybridized carbons (Fsp3) is 0.188. The van der Waals surface area contributed by atoms with Gasteiger partial charge in [-0.25, -0.2) is 18.0 Å². The van der Waals surface area contributed by atoms with Gasteiger partial charge in [-0.05, 0) is 67.9 Å². The zero-order valence-corrected chi connectivity index (χ0v) is 28.4. The smallest absolute Gasteiger partial charge is 0.343 e. The average molecular weight is 760 g/mol. The second-order valence-electron chi connectivity index (χ2n) is 9.74. The largest absolute Gasteiger partial charge is 0.462 e. The number of halogens is 2. The lowest BCUT2D eigenvalue weighted by Gasteiger charge is -2.14. The fourth-order valence-electron chi connectivity index (χ4n) is 4.44. The van der Waals surface area contributed by atoms with Gasteiger partial charge in [0.15, 0.2) is 9.84 Å². The summed E-state index contributed by atoms with van der Waals surface area (Å²) < 4.78 is 36.4. The zero-order chi connectivity index (χ0) is 32.9. The van der Waals surface area contributed by atoms with Gasteiger partial charge < -0.3 is 19.0 Å². The first kappa shape index (κ1) is 33.8. The van der Waals surface area contributed by atoms with Crippen LogP contribution in [0.15, 0.2) is 96.5 Å². The molecule has 234 valence electrons. The molecular formula is C32H28Br2N2O8S. The highest BCUT2D eigenvalue weighted by Crippen LogP contribution is 2.21. The molecule has 0 atom stereocenters. The van der Waals surface area contributed by atoms with Gasteiger partial charge in [-0.15, -0.1) is 0 Å². The number of rotatable bonds is 7.